The first kappa shape index (κ1) is 24.3. The molecule has 10 heteroatoms. The Hall–Kier alpha value is -3.40. The first-order chi connectivity index (χ1) is 17.4. The number of nitrogens with zero attached hydrogens (tertiary/aromatic N) is 1. The van der Waals surface area contributed by atoms with E-state index in [2.05, 4.69) is 15.6 Å². The van der Waals surface area contributed by atoms with Crippen LogP contribution >= 0.6 is 0 Å². The van der Waals surface area contributed by atoms with E-state index in [0.717, 1.165) is 30.2 Å². The molecular weight excluding hydrogens is 464 g/mol. The number of aromatic nitrogens is 1. The van der Waals surface area contributed by atoms with Crippen LogP contribution in [0.25, 0.3) is 10.9 Å². The van der Waals surface area contributed by atoms with Crippen LogP contribution in [-0.4, -0.2) is 77.4 Å². The molecule has 4 N–H and O–H groups in total. The van der Waals surface area contributed by atoms with E-state index in [9.17, 15) is 24.3 Å². The molecule has 192 valence electrons. The van der Waals surface area contributed by atoms with Gasteiger partial charge < -0.3 is 30.4 Å². The van der Waals surface area contributed by atoms with Crippen molar-refractivity contribution in [3.05, 3.63) is 30.0 Å². The zero-order valence-electron chi connectivity index (χ0n) is 20.3. The molecule has 2 saturated heterocycles. The third-order valence-corrected chi connectivity index (χ3v) is 8.04. The lowest BCUT2D eigenvalue weighted by atomic mass is 9.92. The smallest absolute Gasteiger partial charge is 0.271 e. The van der Waals surface area contributed by atoms with Crippen molar-refractivity contribution in [2.75, 3.05) is 26.8 Å². The molecule has 2 aliphatic heterocycles. The fourth-order valence-corrected chi connectivity index (χ4v) is 6.22. The number of ketones is 1. The van der Waals surface area contributed by atoms with E-state index in [1.807, 2.05) is 18.2 Å². The van der Waals surface area contributed by atoms with Gasteiger partial charge in [0.25, 0.3) is 5.91 Å². The van der Waals surface area contributed by atoms with Gasteiger partial charge in [-0.3, -0.25) is 19.2 Å². The average molecular weight is 497 g/mol. The Balaban J connectivity index is 1.39. The molecule has 10 nitrogen and oxygen atoms in total. The lowest BCUT2D eigenvalue weighted by molar-refractivity contribution is -0.133. The Morgan fingerprint density at radius 1 is 1.25 bits per heavy atom. The summed E-state index contributed by atoms with van der Waals surface area (Å²) >= 11 is 0. The number of benzene rings is 1. The number of Topliss-reactive ketones (excluding diaryl/α,β-unsaturated/α-hetero) is 1. The molecule has 2 aromatic rings. The number of fused-ring (bicyclic) bond motifs is 2. The summed E-state index contributed by atoms with van der Waals surface area (Å²) in [4.78, 5) is 56.6. The number of carbonyl (C=O) groups is 4. The number of methoxy groups -OCH3 is 1. The van der Waals surface area contributed by atoms with Gasteiger partial charge in [0.05, 0.1) is 13.2 Å². The molecule has 3 heterocycles. The molecular formula is C26H32N4O6. The van der Waals surface area contributed by atoms with Gasteiger partial charge in [-0.2, -0.15) is 0 Å². The van der Waals surface area contributed by atoms with Gasteiger partial charge in [0.2, 0.25) is 11.8 Å². The van der Waals surface area contributed by atoms with Crippen molar-refractivity contribution in [3.8, 4) is 5.75 Å². The molecule has 3 fully saturated rings. The Kier molecular flexibility index (Phi) is 6.70. The van der Waals surface area contributed by atoms with Gasteiger partial charge in [0.1, 0.15) is 24.1 Å². The maximum absolute atomic E-state index is 13.7. The van der Waals surface area contributed by atoms with Crippen molar-refractivity contribution in [1.29, 1.82) is 0 Å². The van der Waals surface area contributed by atoms with Crippen LogP contribution in [0.5, 0.6) is 5.75 Å². The van der Waals surface area contributed by atoms with Gasteiger partial charge in [0, 0.05) is 29.9 Å². The van der Waals surface area contributed by atoms with Crippen LogP contribution in [0, 0.1) is 17.8 Å². The van der Waals surface area contributed by atoms with E-state index in [4.69, 9.17) is 4.74 Å². The topological polar surface area (TPSA) is 141 Å². The highest BCUT2D eigenvalue weighted by atomic mass is 16.5. The van der Waals surface area contributed by atoms with Crippen LogP contribution in [0.1, 0.15) is 42.6 Å². The molecule has 0 spiro atoms. The van der Waals surface area contributed by atoms with Crippen LogP contribution < -0.4 is 15.4 Å². The van der Waals surface area contributed by atoms with Crippen molar-refractivity contribution >= 4 is 34.4 Å². The first-order valence-electron chi connectivity index (χ1n) is 12.6. The second kappa shape index (κ2) is 9.93. The van der Waals surface area contributed by atoms with Gasteiger partial charge in [0.15, 0.2) is 5.78 Å². The average Bonchev–Trinajstić information content (AvgIpc) is 3.66. The lowest BCUT2D eigenvalue weighted by Crippen LogP contribution is -2.53. The van der Waals surface area contributed by atoms with E-state index in [1.165, 1.54) is 0 Å². The van der Waals surface area contributed by atoms with Crippen LogP contribution in [0.3, 0.4) is 0 Å². The number of aromatic amines is 1. The summed E-state index contributed by atoms with van der Waals surface area (Å²) in [6.07, 6.45) is 3.47. The second-order valence-corrected chi connectivity index (χ2v) is 10.1. The molecule has 36 heavy (non-hydrogen) atoms. The Morgan fingerprint density at radius 3 is 2.81 bits per heavy atom. The maximum atomic E-state index is 13.7. The minimum Gasteiger partial charge on any atom is -0.496 e. The molecule has 5 atom stereocenters. The molecule has 1 aliphatic carbocycles. The molecule has 1 aromatic heterocycles. The van der Waals surface area contributed by atoms with E-state index in [0.29, 0.717) is 31.0 Å². The van der Waals surface area contributed by atoms with Crippen LogP contribution in [0.15, 0.2) is 24.3 Å². The number of amides is 3. The number of likely N-dealkylation sites (tertiary alicyclic amines) is 1. The van der Waals surface area contributed by atoms with Crippen molar-refractivity contribution in [2.24, 2.45) is 17.8 Å². The standard InChI is InChI=1S/C26H32N4O6/c1-36-22-7-3-6-18-17(22)11-20(28-18)26(35)30-12-15-4-2-5-16(15)23(30)25(34)29-19(21(32)13-31)10-14-8-9-27-24(14)33/h3,6-7,11,14-16,19,23,28,31H,2,4-5,8-10,12-13H2,1H3,(H,27,33)(H,29,34)/t14?,15-,16-,19-,23-/m0/s1. The number of H-pyrrole nitrogens is 1. The minimum atomic E-state index is -0.980. The second-order valence-electron chi connectivity index (χ2n) is 10.1. The fraction of sp³-hybridized carbons (Fsp3) is 0.538. The Morgan fingerprint density at radius 2 is 2.08 bits per heavy atom. The highest BCUT2D eigenvalue weighted by molar-refractivity contribution is 6.02. The monoisotopic (exact) mass is 496 g/mol. The summed E-state index contributed by atoms with van der Waals surface area (Å²) in [5.41, 5.74) is 1.14. The molecule has 1 aromatic carbocycles. The lowest BCUT2D eigenvalue weighted by Gasteiger charge is -2.29. The van der Waals surface area contributed by atoms with Crippen molar-refractivity contribution < 1.29 is 29.0 Å². The van der Waals surface area contributed by atoms with Gasteiger partial charge >= 0.3 is 0 Å². The van der Waals surface area contributed by atoms with E-state index < -0.39 is 36.3 Å². The third kappa shape index (κ3) is 4.34. The van der Waals surface area contributed by atoms with Gasteiger partial charge in [-0.15, -0.1) is 0 Å². The number of nitrogens with one attached hydrogen (secondary N) is 3. The number of aliphatic hydroxyl groups excluding tert-OH is 1. The summed E-state index contributed by atoms with van der Waals surface area (Å²) in [5, 5.41) is 15.8. The molecule has 1 saturated carbocycles. The van der Waals surface area contributed by atoms with Gasteiger partial charge in [-0.25, -0.2) is 0 Å². The van der Waals surface area contributed by atoms with Crippen LogP contribution in [-0.2, 0) is 14.4 Å². The maximum Gasteiger partial charge on any atom is 0.271 e. The molecule has 0 bridgehead atoms. The number of hydrogen-bond acceptors (Lipinski definition) is 6. The zero-order chi connectivity index (χ0) is 25.4. The molecule has 3 aliphatic rings. The summed E-state index contributed by atoms with van der Waals surface area (Å²) in [6.45, 7) is 0.273. The van der Waals surface area contributed by atoms with Crippen molar-refractivity contribution in [3.63, 3.8) is 0 Å². The third-order valence-electron chi connectivity index (χ3n) is 8.04. The molecule has 5 rings (SSSR count). The summed E-state index contributed by atoms with van der Waals surface area (Å²) in [5.74, 6) is -0.889. The number of aliphatic hydroxyl groups is 1. The highest BCUT2D eigenvalue weighted by Gasteiger charge is 2.50. The Labute approximate surface area is 208 Å². The SMILES string of the molecule is COc1cccc2[nH]c(C(=O)N3C[C@@H]4CCC[C@@H]4[C@H]3C(=O)N[C@@H](CC3CCNC3=O)C(=O)CO)cc12. The number of rotatable bonds is 8. The normalized spacial score (nSPS) is 26.1. The predicted octanol–water partition coefficient (Wildman–Crippen LogP) is 0.990. The Bertz CT molecular complexity index is 1190. The van der Waals surface area contributed by atoms with Gasteiger partial charge in [-0.05, 0) is 55.7 Å². The van der Waals surface area contributed by atoms with Crippen LogP contribution in [0.4, 0.5) is 0 Å². The van der Waals surface area contributed by atoms with E-state index in [1.54, 1.807) is 18.1 Å². The summed E-state index contributed by atoms with van der Waals surface area (Å²) in [7, 11) is 1.57. The van der Waals surface area contributed by atoms with E-state index in [-0.39, 0.29) is 30.1 Å². The predicted molar refractivity (Wildman–Crippen MR) is 130 cm³/mol. The van der Waals surface area contributed by atoms with Crippen molar-refractivity contribution in [1.82, 2.24) is 20.5 Å². The van der Waals surface area contributed by atoms with Crippen molar-refractivity contribution in [2.45, 2.75) is 44.2 Å². The largest absolute Gasteiger partial charge is 0.496 e. The molecule has 3 amide bonds. The minimum absolute atomic E-state index is 0.00696. The number of ether oxygens (including phenoxy) is 1. The van der Waals surface area contributed by atoms with Crippen LogP contribution in [0.2, 0.25) is 0 Å². The summed E-state index contributed by atoms with van der Waals surface area (Å²) in [6, 6.07) is 5.57. The first-order valence-corrected chi connectivity index (χ1v) is 12.6. The fourth-order valence-electron chi connectivity index (χ4n) is 6.22. The molecule has 0 radical (unpaired) electrons. The molecule has 1 unspecified atom stereocenters. The highest BCUT2D eigenvalue weighted by Crippen LogP contribution is 2.43. The zero-order valence-corrected chi connectivity index (χ0v) is 20.3. The van der Waals surface area contributed by atoms with Gasteiger partial charge in [-0.1, -0.05) is 12.5 Å². The quantitative estimate of drug-likeness (QED) is 0.430. The van der Waals surface area contributed by atoms with E-state index >= 15 is 0 Å². The number of hydrogen-bond donors (Lipinski definition) is 4. The summed E-state index contributed by atoms with van der Waals surface area (Å²) < 4.78 is 5.42. The number of carbonyl (C=O) groups excluding carboxylic acids is 4.